The van der Waals surface area contributed by atoms with Gasteiger partial charge >= 0.3 is 0 Å². The van der Waals surface area contributed by atoms with Gasteiger partial charge in [0, 0.05) is 38.1 Å². The average Bonchev–Trinajstić information content (AvgIpc) is 2.92. The van der Waals surface area contributed by atoms with Crippen LogP contribution in [-0.4, -0.2) is 47.4 Å². The molecule has 2 heterocycles. The fraction of sp³-hybridized carbons (Fsp3) is 0.769. The van der Waals surface area contributed by atoms with Crippen LogP contribution in [0, 0.1) is 5.92 Å². The molecule has 3 aliphatic rings. The molecule has 0 bridgehead atoms. The zero-order valence-electron chi connectivity index (χ0n) is 9.77. The van der Waals surface area contributed by atoms with Crippen molar-refractivity contribution in [1.82, 2.24) is 9.80 Å². The van der Waals surface area contributed by atoms with Crippen molar-refractivity contribution < 1.29 is 4.79 Å². The van der Waals surface area contributed by atoms with E-state index in [-0.39, 0.29) is 0 Å². The third-order valence-corrected chi connectivity index (χ3v) is 4.25. The van der Waals surface area contributed by atoms with Crippen LogP contribution in [0.15, 0.2) is 12.7 Å². The van der Waals surface area contributed by atoms with Gasteiger partial charge in [-0.3, -0.25) is 9.69 Å². The predicted octanol–water partition coefficient (Wildman–Crippen LogP) is 1.26. The van der Waals surface area contributed by atoms with Crippen molar-refractivity contribution in [3.8, 4) is 0 Å². The third-order valence-electron chi connectivity index (χ3n) is 4.25. The second kappa shape index (κ2) is 3.88. The lowest BCUT2D eigenvalue weighted by Gasteiger charge is -2.24. The minimum Gasteiger partial charge on any atom is -0.334 e. The first kappa shape index (κ1) is 10.3. The van der Waals surface area contributed by atoms with E-state index in [1.165, 1.54) is 25.9 Å². The van der Waals surface area contributed by atoms with E-state index in [0.717, 1.165) is 25.3 Å². The summed E-state index contributed by atoms with van der Waals surface area (Å²) in [6.45, 7) is 6.90. The normalized spacial score (nSPS) is 34.5. The summed E-state index contributed by atoms with van der Waals surface area (Å²) in [6.07, 6.45) is 6.56. The van der Waals surface area contributed by atoms with Crippen molar-refractivity contribution in [1.29, 1.82) is 0 Å². The van der Waals surface area contributed by atoms with E-state index in [1.54, 1.807) is 0 Å². The van der Waals surface area contributed by atoms with Gasteiger partial charge in [-0.1, -0.05) is 6.08 Å². The average molecular weight is 220 g/mol. The molecule has 0 N–H and O–H groups in total. The largest absolute Gasteiger partial charge is 0.334 e. The topological polar surface area (TPSA) is 23.6 Å². The van der Waals surface area contributed by atoms with Crippen LogP contribution < -0.4 is 0 Å². The van der Waals surface area contributed by atoms with Gasteiger partial charge in [0.1, 0.15) is 0 Å². The van der Waals surface area contributed by atoms with E-state index in [0.29, 0.717) is 18.0 Å². The van der Waals surface area contributed by atoms with Crippen LogP contribution in [0.25, 0.3) is 0 Å². The molecule has 2 saturated heterocycles. The Morgan fingerprint density at radius 1 is 1.31 bits per heavy atom. The number of fused-ring (bicyclic) bond motifs is 1. The maximum Gasteiger partial charge on any atom is 0.224 e. The van der Waals surface area contributed by atoms with Gasteiger partial charge in [-0.2, -0.15) is 0 Å². The van der Waals surface area contributed by atoms with E-state index >= 15 is 0 Å². The Morgan fingerprint density at radius 3 is 2.81 bits per heavy atom. The summed E-state index contributed by atoms with van der Waals surface area (Å²) in [5.74, 6) is 1.26. The van der Waals surface area contributed by atoms with Gasteiger partial charge in [0.2, 0.25) is 5.91 Å². The molecule has 0 radical (unpaired) electrons. The third kappa shape index (κ3) is 1.67. The number of carbonyl (C=O) groups is 1. The van der Waals surface area contributed by atoms with Crippen LogP contribution >= 0.6 is 0 Å². The number of nitrogens with zero attached hydrogens (tertiary/aromatic N) is 2. The first-order valence-corrected chi connectivity index (χ1v) is 6.44. The highest BCUT2D eigenvalue weighted by molar-refractivity contribution is 5.80. The van der Waals surface area contributed by atoms with Crippen molar-refractivity contribution in [3.63, 3.8) is 0 Å². The summed E-state index contributed by atoms with van der Waals surface area (Å²) >= 11 is 0. The highest BCUT2D eigenvalue weighted by Crippen LogP contribution is 2.37. The molecule has 0 aromatic heterocycles. The van der Waals surface area contributed by atoms with Crippen molar-refractivity contribution in [2.24, 2.45) is 5.92 Å². The van der Waals surface area contributed by atoms with Crippen molar-refractivity contribution in [2.75, 3.05) is 19.6 Å². The Morgan fingerprint density at radius 2 is 2.12 bits per heavy atom. The molecule has 1 saturated carbocycles. The molecule has 3 fully saturated rings. The summed E-state index contributed by atoms with van der Waals surface area (Å²) in [6, 6.07) is 0.984. The first-order chi connectivity index (χ1) is 7.79. The quantitative estimate of drug-likeness (QED) is 0.666. The fourth-order valence-electron chi connectivity index (χ4n) is 3.24. The maximum absolute atomic E-state index is 11.9. The van der Waals surface area contributed by atoms with Crippen molar-refractivity contribution in [3.05, 3.63) is 12.7 Å². The van der Waals surface area contributed by atoms with Crippen LogP contribution in [0.1, 0.15) is 25.7 Å². The highest BCUT2D eigenvalue weighted by Gasteiger charge is 2.46. The molecule has 0 aromatic carbocycles. The zero-order chi connectivity index (χ0) is 11.1. The lowest BCUT2D eigenvalue weighted by Crippen LogP contribution is -2.37. The van der Waals surface area contributed by atoms with Crippen LogP contribution in [0.4, 0.5) is 0 Å². The number of hydrogen-bond donors (Lipinski definition) is 0. The van der Waals surface area contributed by atoms with Gasteiger partial charge in [-0.15, -0.1) is 6.58 Å². The van der Waals surface area contributed by atoms with Crippen LogP contribution in [0.3, 0.4) is 0 Å². The molecular weight excluding hydrogens is 200 g/mol. The van der Waals surface area contributed by atoms with Gasteiger partial charge in [0.15, 0.2) is 0 Å². The van der Waals surface area contributed by atoms with Crippen molar-refractivity contribution >= 4 is 5.91 Å². The van der Waals surface area contributed by atoms with Gasteiger partial charge < -0.3 is 4.90 Å². The van der Waals surface area contributed by atoms with Gasteiger partial charge in [0.05, 0.1) is 0 Å². The van der Waals surface area contributed by atoms with Gasteiger partial charge in [-0.25, -0.2) is 0 Å². The van der Waals surface area contributed by atoms with E-state index in [9.17, 15) is 4.79 Å². The van der Waals surface area contributed by atoms with Crippen LogP contribution in [0.2, 0.25) is 0 Å². The number of rotatable bonds is 4. The summed E-state index contributed by atoms with van der Waals surface area (Å²) in [4.78, 5) is 16.5. The Bertz CT molecular complexity index is 311. The van der Waals surface area contributed by atoms with Gasteiger partial charge in [-0.05, 0) is 25.2 Å². The molecular formula is C13H20N2O. The summed E-state index contributed by atoms with van der Waals surface area (Å²) < 4.78 is 0. The molecule has 16 heavy (non-hydrogen) atoms. The minimum atomic E-state index is 0.329. The Labute approximate surface area is 97.1 Å². The Hall–Kier alpha value is -0.830. The zero-order valence-corrected chi connectivity index (χ0v) is 9.77. The standard InChI is InChI=1S/C13H20N2O/c1-2-6-15-11-5-7-14(9-10-3-4-10)12(11)8-13(15)16/h2,10-12H,1,3-9H2/t11-,12+/m0/s1. The highest BCUT2D eigenvalue weighted by atomic mass is 16.2. The molecule has 3 heteroatoms. The number of carbonyl (C=O) groups excluding carboxylic acids is 1. The molecule has 1 amide bonds. The smallest absolute Gasteiger partial charge is 0.224 e. The SMILES string of the molecule is C=CCN1C(=O)C[C@@H]2[C@@H]1CCN2CC1CC1. The van der Waals surface area contributed by atoms with Gasteiger partial charge in [0.25, 0.3) is 0 Å². The molecule has 2 aliphatic heterocycles. The van der Waals surface area contributed by atoms with Crippen molar-refractivity contribution in [2.45, 2.75) is 37.8 Å². The summed E-state index contributed by atoms with van der Waals surface area (Å²) in [5, 5.41) is 0. The number of amides is 1. The Kier molecular flexibility index (Phi) is 2.51. The van der Waals surface area contributed by atoms with E-state index in [2.05, 4.69) is 11.5 Å². The maximum atomic E-state index is 11.9. The monoisotopic (exact) mass is 220 g/mol. The van der Waals surface area contributed by atoms with Crippen LogP contribution in [-0.2, 0) is 4.79 Å². The minimum absolute atomic E-state index is 0.329. The molecule has 2 atom stereocenters. The first-order valence-electron chi connectivity index (χ1n) is 6.44. The molecule has 0 spiro atoms. The molecule has 3 rings (SSSR count). The molecule has 0 aromatic rings. The van der Waals surface area contributed by atoms with E-state index < -0.39 is 0 Å². The Balaban J connectivity index is 1.67. The number of likely N-dealkylation sites (tertiary alicyclic amines) is 2. The lowest BCUT2D eigenvalue weighted by molar-refractivity contribution is -0.128. The summed E-state index contributed by atoms with van der Waals surface area (Å²) in [5.41, 5.74) is 0. The number of hydrogen-bond acceptors (Lipinski definition) is 2. The predicted molar refractivity (Wildman–Crippen MR) is 63.0 cm³/mol. The second-order valence-electron chi connectivity index (χ2n) is 5.40. The molecule has 1 aliphatic carbocycles. The lowest BCUT2D eigenvalue weighted by atomic mass is 10.1. The second-order valence-corrected chi connectivity index (χ2v) is 5.40. The molecule has 0 unspecified atom stereocenters. The van der Waals surface area contributed by atoms with E-state index in [1.807, 2.05) is 11.0 Å². The molecule has 3 nitrogen and oxygen atoms in total. The molecule has 88 valence electrons. The summed E-state index contributed by atoms with van der Waals surface area (Å²) in [7, 11) is 0. The van der Waals surface area contributed by atoms with E-state index in [4.69, 9.17) is 0 Å². The fourth-order valence-corrected chi connectivity index (χ4v) is 3.24. The van der Waals surface area contributed by atoms with Crippen LogP contribution in [0.5, 0.6) is 0 Å².